The molecule has 0 spiro atoms. The number of hydrogen-bond donors (Lipinski definition) is 3. The third-order valence-electron chi connectivity index (χ3n) is 7.50. The maximum absolute atomic E-state index is 15.2. The molecule has 1 aliphatic carbocycles. The summed E-state index contributed by atoms with van der Waals surface area (Å²) < 4.78 is 49.9. The lowest BCUT2D eigenvalue weighted by Gasteiger charge is -2.17. The van der Waals surface area contributed by atoms with Gasteiger partial charge in [0.25, 0.3) is 0 Å². The summed E-state index contributed by atoms with van der Waals surface area (Å²) in [5, 5.41) is 5.66. The smallest absolute Gasteiger partial charge is 0.313 e. The number of hydrogen-bond acceptors (Lipinski definition) is 10. The molecular weight excluding hydrogens is 618 g/mol. The molecule has 0 radical (unpaired) electrons. The van der Waals surface area contributed by atoms with Crippen molar-refractivity contribution in [2.24, 2.45) is 11.1 Å². The fourth-order valence-corrected chi connectivity index (χ4v) is 4.60. The molecule has 47 heavy (non-hydrogen) atoms. The third kappa shape index (κ3) is 7.44. The van der Waals surface area contributed by atoms with E-state index in [0.717, 1.165) is 6.07 Å². The molecule has 12 nitrogen and oxygen atoms in total. The molecule has 0 bridgehead atoms. The Bertz CT molecular complexity index is 1850. The standard InChI is InChI=1S/C33H30F2N4O8/c1-44-28-14-21-24(15-29(28)46-17-23(36)25(40)16-30(41)45-2)37-12-9-26(21)47-27-8-7-20(13-22(27)35)39-32(43)33(10-11-33)31(42)38-19-5-3-18(34)4-6-19/h3-9,12-15,23H,10-11,16-17,36H2,1-2H3,(H,38,42)(H,39,43)/t23-/m0/s1. The van der Waals surface area contributed by atoms with Crippen molar-refractivity contribution < 1.29 is 46.9 Å². The summed E-state index contributed by atoms with van der Waals surface area (Å²) in [6.45, 7) is -0.248. The summed E-state index contributed by atoms with van der Waals surface area (Å²) in [4.78, 5) is 53.7. The first-order valence-corrected chi connectivity index (χ1v) is 14.3. The van der Waals surface area contributed by atoms with E-state index in [1.165, 1.54) is 68.9 Å². The third-order valence-corrected chi connectivity index (χ3v) is 7.50. The molecule has 1 atom stereocenters. The van der Waals surface area contributed by atoms with Gasteiger partial charge in [-0.3, -0.25) is 24.2 Å². The summed E-state index contributed by atoms with van der Waals surface area (Å²) >= 11 is 0. The number of rotatable bonds is 13. The number of halogens is 2. The summed E-state index contributed by atoms with van der Waals surface area (Å²) in [7, 11) is 2.57. The molecule has 1 aromatic heterocycles. The van der Waals surface area contributed by atoms with Crippen molar-refractivity contribution in [2.45, 2.75) is 25.3 Å². The Morgan fingerprint density at radius 3 is 2.19 bits per heavy atom. The van der Waals surface area contributed by atoms with Gasteiger partial charge in [-0.25, -0.2) is 8.78 Å². The van der Waals surface area contributed by atoms with E-state index in [4.69, 9.17) is 19.9 Å². The van der Waals surface area contributed by atoms with Gasteiger partial charge in [-0.15, -0.1) is 0 Å². The Labute approximate surface area is 267 Å². The Kier molecular flexibility index (Phi) is 9.61. The molecule has 5 rings (SSSR count). The van der Waals surface area contributed by atoms with Gasteiger partial charge in [0, 0.05) is 35.1 Å². The fraction of sp³-hybridized carbons (Fsp3) is 0.242. The number of fused-ring (bicyclic) bond motifs is 1. The number of Topliss-reactive ketones (excluding diaryl/α,β-unsaturated/α-hetero) is 1. The summed E-state index contributed by atoms with van der Waals surface area (Å²) in [5.41, 5.74) is 5.40. The summed E-state index contributed by atoms with van der Waals surface area (Å²) in [6.07, 6.45) is 1.57. The van der Waals surface area contributed by atoms with Crippen molar-refractivity contribution >= 4 is 45.8 Å². The molecule has 0 unspecified atom stereocenters. The molecule has 0 saturated heterocycles. The van der Waals surface area contributed by atoms with Crippen LogP contribution in [0.3, 0.4) is 0 Å². The number of methoxy groups -OCH3 is 2. The molecule has 0 aliphatic heterocycles. The number of aromatic nitrogens is 1. The van der Waals surface area contributed by atoms with Crippen LogP contribution >= 0.6 is 0 Å². The molecule has 3 aromatic carbocycles. The second kappa shape index (κ2) is 13.8. The predicted molar refractivity (Wildman–Crippen MR) is 165 cm³/mol. The predicted octanol–water partition coefficient (Wildman–Crippen LogP) is 4.51. The van der Waals surface area contributed by atoms with Gasteiger partial charge in [-0.1, -0.05) is 0 Å². The van der Waals surface area contributed by atoms with Crippen LogP contribution in [-0.4, -0.2) is 55.4 Å². The summed E-state index contributed by atoms with van der Waals surface area (Å²) in [6, 6.07) is 12.5. The van der Waals surface area contributed by atoms with E-state index in [1.807, 2.05) is 0 Å². The number of carbonyl (C=O) groups is 4. The lowest BCUT2D eigenvalue weighted by molar-refractivity contribution is -0.143. The number of nitrogens with zero attached hydrogens (tertiary/aromatic N) is 1. The van der Waals surface area contributed by atoms with E-state index >= 15 is 4.39 Å². The van der Waals surface area contributed by atoms with Gasteiger partial charge < -0.3 is 35.3 Å². The van der Waals surface area contributed by atoms with Crippen LogP contribution in [0.1, 0.15) is 19.3 Å². The number of ether oxygens (including phenoxy) is 4. The average molecular weight is 649 g/mol. The zero-order valence-corrected chi connectivity index (χ0v) is 25.3. The van der Waals surface area contributed by atoms with Crippen molar-refractivity contribution in [2.75, 3.05) is 31.5 Å². The van der Waals surface area contributed by atoms with E-state index in [1.54, 1.807) is 6.07 Å². The minimum absolute atomic E-state index is 0.118. The average Bonchev–Trinajstić information content (AvgIpc) is 3.88. The monoisotopic (exact) mass is 648 g/mol. The SMILES string of the molecule is COC(=O)CC(=O)[C@@H](N)COc1cc2nccc(Oc3ccc(NC(=O)C4(C(=O)Nc5ccc(F)cc5)CC4)cc3F)c2cc1OC. The Morgan fingerprint density at radius 1 is 0.872 bits per heavy atom. The van der Waals surface area contributed by atoms with E-state index in [9.17, 15) is 23.6 Å². The normalized spacial score (nSPS) is 13.6. The number of nitrogens with two attached hydrogens (primary N) is 1. The van der Waals surface area contributed by atoms with E-state index in [2.05, 4.69) is 20.4 Å². The number of anilines is 2. The molecule has 2 amide bonds. The van der Waals surface area contributed by atoms with Crippen molar-refractivity contribution in [3.8, 4) is 23.0 Å². The van der Waals surface area contributed by atoms with Crippen molar-refractivity contribution in [3.05, 3.63) is 78.5 Å². The highest BCUT2D eigenvalue weighted by Gasteiger charge is 2.56. The van der Waals surface area contributed by atoms with Crippen LogP contribution in [0.4, 0.5) is 20.2 Å². The van der Waals surface area contributed by atoms with E-state index in [-0.39, 0.29) is 35.3 Å². The van der Waals surface area contributed by atoms with E-state index in [0.29, 0.717) is 29.4 Å². The van der Waals surface area contributed by atoms with Crippen LogP contribution in [0.15, 0.2) is 66.9 Å². The fourth-order valence-electron chi connectivity index (χ4n) is 4.60. The Morgan fingerprint density at radius 2 is 1.55 bits per heavy atom. The first-order chi connectivity index (χ1) is 22.5. The molecule has 4 N–H and O–H groups in total. The Hall–Kier alpha value is -5.63. The van der Waals surface area contributed by atoms with Gasteiger partial charge in [0.2, 0.25) is 11.8 Å². The lowest BCUT2D eigenvalue weighted by Crippen LogP contribution is -2.37. The number of benzene rings is 3. The molecule has 1 heterocycles. The minimum Gasteiger partial charge on any atom is -0.493 e. The first kappa shape index (κ1) is 32.8. The molecule has 14 heteroatoms. The second-order valence-electron chi connectivity index (χ2n) is 10.7. The van der Waals surface area contributed by atoms with Crippen molar-refractivity contribution in [1.82, 2.24) is 4.98 Å². The van der Waals surface area contributed by atoms with Crippen LogP contribution in [0.5, 0.6) is 23.0 Å². The highest BCUT2D eigenvalue weighted by Crippen LogP contribution is 2.47. The second-order valence-corrected chi connectivity index (χ2v) is 10.7. The molecule has 244 valence electrons. The zero-order valence-electron chi connectivity index (χ0n) is 25.3. The summed E-state index contributed by atoms with van der Waals surface area (Å²) in [5.74, 6) is -3.10. The van der Waals surface area contributed by atoms with E-state index < -0.39 is 53.1 Å². The molecule has 1 fully saturated rings. The van der Waals surface area contributed by atoms with Crippen molar-refractivity contribution in [1.29, 1.82) is 0 Å². The van der Waals surface area contributed by atoms with Crippen LogP contribution in [0, 0.1) is 17.0 Å². The lowest BCUT2D eigenvalue weighted by atomic mass is 10.0. The number of pyridine rings is 1. The van der Waals surface area contributed by atoms with Gasteiger partial charge in [0.15, 0.2) is 28.8 Å². The van der Waals surface area contributed by atoms with Crippen LogP contribution in [-0.2, 0) is 23.9 Å². The van der Waals surface area contributed by atoms with Gasteiger partial charge in [-0.05, 0) is 61.4 Å². The Balaban J connectivity index is 1.26. The van der Waals surface area contributed by atoms with Gasteiger partial charge in [0.1, 0.15) is 30.0 Å². The molecular formula is C33H30F2N4O8. The van der Waals surface area contributed by atoms with Gasteiger partial charge in [-0.2, -0.15) is 0 Å². The molecule has 4 aromatic rings. The first-order valence-electron chi connectivity index (χ1n) is 14.3. The number of carbonyl (C=O) groups excluding carboxylic acids is 4. The zero-order chi connectivity index (χ0) is 33.7. The maximum Gasteiger partial charge on any atom is 0.313 e. The van der Waals surface area contributed by atoms with Crippen LogP contribution in [0.2, 0.25) is 0 Å². The van der Waals surface area contributed by atoms with Gasteiger partial charge >= 0.3 is 5.97 Å². The number of amides is 2. The number of ketones is 1. The quantitative estimate of drug-likeness (QED) is 0.139. The molecule has 1 saturated carbocycles. The van der Waals surface area contributed by atoms with Crippen LogP contribution < -0.4 is 30.6 Å². The maximum atomic E-state index is 15.2. The largest absolute Gasteiger partial charge is 0.493 e. The minimum atomic E-state index is -1.32. The highest BCUT2D eigenvalue weighted by molar-refractivity contribution is 6.17. The highest BCUT2D eigenvalue weighted by atomic mass is 19.1. The number of nitrogens with one attached hydrogen (secondary N) is 2. The van der Waals surface area contributed by atoms with Gasteiger partial charge in [0.05, 0.1) is 25.8 Å². The topological polar surface area (TPSA) is 168 Å². The van der Waals surface area contributed by atoms with Crippen molar-refractivity contribution in [3.63, 3.8) is 0 Å². The van der Waals surface area contributed by atoms with Crippen LogP contribution in [0.25, 0.3) is 10.9 Å². The molecule has 1 aliphatic rings. The number of esters is 1.